The number of aromatic nitrogens is 3. The molecule has 1 aromatic heterocycles. The van der Waals surface area contributed by atoms with Crippen LogP contribution in [-0.4, -0.2) is 47.2 Å². The fourth-order valence-corrected chi connectivity index (χ4v) is 3.55. The zero-order valence-electron chi connectivity index (χ0n) is 14.1. The maximum absolute atomic E-state index is 11.8. The van der Waals surface area contributed by atoms with Gasteiger partial charge < -0.3 is 18.8 Å². The number of ether oxygens (including phenoxy) is 3. The Morgan fingerprint density at radius 3 is 2.87 bits per heavy atom. The number of carbonyl (C=O) groups is 1. The van der Waals surface area contributed by atoms with Crippen LogP contribution in [0.25, 0.3) is 0 Å². The first-order valence-corrected chi connectivity index (χ1v) is 8.31. The van der Waals surface area contributed by atoms with Gasteiger partial charge in [0.2, 0.25) is 0 Å². The molecule has 1 aromatic rings. The molecule has 2 aliphatic rings. The van der Waals surface area contributed by atoms with E-state index in [2.05, 4.69) is 14.8 Å². The van der Waals surface area contributed by atoms with Gasteiger partial charge >= 0.3 is 5.97 Å². The van der Waals surface area contributed by atoms with Crippen LogP contribution >= 0.6 is 0 Å². The van der Waals surface area contributed by atoms with Crippen LogP contribution in [0.5, 0.6) is 0 Å². The van der Waals surface area contributed by atoms with Crippen molar-refractivity contribution in [1.82, 2.24) is 14.8 Å². The summed E-state index contributed by atoms with van der Waals surface area (Å²) in [7, 11) is 1.44. The van der Waals surface area contributed by atoms with E-state index in [9.17, 15) is 4.79 Å². The third-order valence-corrected chi connectivity index (χ3v) is 4.63. The van der Waals surface area contributed by atoms with Crippen LogP contribution in [0, 0.1) is 5.92 Å². The molecular formula is C16H25N3O4. The van der Waals surface area contributed by atoms with Gasteiger partial charge in [-0.3, -0.25) is 4.79 Å². The maximum atomic E-state index is 11.8. The monoisotopic (exact) mass is 323 g/mol. The molecule has 0 aromatic carbocycles. The molecule has 2 atom stereocenters. The summed E-state index contributed by atoms with van der Waals surface area (Å²) in [6.45, 7) is 5.92. The van der Waals surface area contributed by atoms with Crippen LogP contribution in [0.3, 0.4) is 0 Å². The number of aryl methyl sites for hydroxylation is 1. The van der Waals surface area contributed by atoms with E-state index in [0.717, 1.165) is 37.3 Å². The Hall–Kier alpha value is -1.47. The molecule has 0 N–H and O–H groups in total. The largest absolute Gasteiger partial charge is 0.469 e. The highest BCUT2D eigenvalue weighted by molar-refractivity contribution is 5.72. The Morgan fingerprint density at radius 1 is 1.39 bits per heavy atom. The van der Waals surface area contributed by atoms with E-state index in [1.165, 1.54) is 7.11 Å². The summed E-state index contributed by atoms with van der Waals surface area (Å²) < 4.78 is 18.8. The maximum Gasteiger partial charge on any atom is 0.308 e. The number of hydrogen-bond donors (Lipinski definition) is 0. The van der Waals surface area contributed by atoms with Crippen molar-refractivity contribution in [3.8, 4) is 0 Å². The van der Waals surface area contributed by atoms with Crippen LogP contribution in [0.15, 0.2) is 0 Å². The van der Waals surface area contributed by atoms with E-state index in [4.69, 9.17) is 14.2 Å². The Kier molecular flexibility index (Phi) is 4.68. The molecule has 23 heavy (non-hydrogen) atoms. The highest BCUT2D eigenvalue weighted by Gasteiger charge is 2.44. The summed E-state index contributed by atoms with van der Waals surface area (Å²) in [6.07, 6.45) is 3.08. The lowest BCUT2D eigenvalue weighted by molar-refractivity contribution is -0.145. The number of hydrogen-bond acceptors (Lipinski definition) is 6. The van der Waals surface area contributed by atoms with Crippen molar-refractivity contribution in [1.29, 1.82) is 0 Å². The number of esters is 1. The first-order chi connectivity index (χ1) is 11.1. The normalized spacial score (nSPS) is 27.7. The van der Waals surface area contributed by atoms with Crippen LogP contribution in [0.1, 0.15) is 44.8 Å². The highest BCUT2D eigenvalue weighted by atomic mass is 16.6. The zero-order chi connectivity index (χ0) is 16.4. The molecule has 0 amide bonds. The number of nitrogens with zero attached hydrogens (tertiary/aromatic N) is 3. The molecule has 3 heterocycles. The third kappa shape index (κ3) is 3.12. The van der Waals surface area contributed by atoms with Crippen LogP contribution in [0.2, 0.25) is 0 Å². The second-order valence-electron chi connectivity index (χ2n) is 6.60. The molecule has 7 heteroatoms. The first kappa shape index (κ1) is 16.4. The van der Waals surface area contributed by atoms with Crippen molar-refractivity contribution in [3.05, 3.63) is 11.6 Å². The van der Waals surface area contributed by atoms with Crippen LogP contribution in [-0.2, 0) is 37.6 Å². The summed E-state index contributed by atoms with van der Waals surface area (Å²) in [5.41, 5.74) is -0.523. The van der Waals surface area contributed by atoms with E-state index >= 15 is 0 Å². The van der Waals surface area contributed by atoms with E-state index in [1.54, 1.807) is 0 Å². The van der Waals surface area contributed by atoms with Crippen molar-refractivity contribution >= 4 is 5.97 Å². The summed E-state index contributed by atoms with van der Waals surface area (Å²) in [5, 5.41) is 8.79. The average molecular weight is 323 g/mol. The summed E-state index contributed by atoms with van der Waals surface area (Å²) >= 11 is 0. The zero-order valence-corrected chi connectivity index (χ0v) is 14.1. The average Bonchev–Trinajstić information content (AvgIpc) is 3.09. The first-order valence-electron chi connectivity index (χ1n) is 8.31. The Bertz CT molecular complexity index is 564. The molecule has 1 fully saturated rings. The highest BCUT2D eigenvalue weighted by Crippen LogP contribution is 2.36. The number of methoxy groups -OCH3 is 1. The molecule has 1 saturated heterocycles. The lowest BCUT2D eigenvalue weighted by Crippen LogP contribution is -2.36. The molecule has 0 bridgehead atoms. The van der Waals surface area contributed by atoms with E-state index in [1.807, 2.05) is 13.8 Å². The van der Waals surface area contributed by atoms with Gasteiger partial charge in [-0.25, -0.2) is 0 Å². The van der Waals surface area contributed by atoms with Gasteiger partial charge in [-0.15, -0.1) is 10.2 Å². The SMILES string of the molecule is COC(=O)C1CCc2nnc(C3(OC(C)C)CCOC3)n2CC1. The summed E-state index contributed by atoms with van der Waals surface area (Å²) in [5.74, 6) is 1.55. The fraction of sp³-hybridized carbons (Fsp3) is 0.812. The van der Waals surface area contributed by atoms with Crippen molar-refractivity contribution in [2.24, 2.45) is 5.92 Å². The predicted molar refractivity (Wildman–Crippen MR) is 81.8 cm³/mol. The molecule has 0 saturated carbocycles. The molecule has 3 rings (SSSR count). The van der Waals surface area contributed by atoms with Crippen molar-refractivity contribution in [2.75, 3.05) is 20.3 Å². The van der Waals surface area contributed by atoms with Gasteiger partial charge in [-0.1, -0.05) is 0 Å². The molecular weight excluding hydrogens is 298 g/mol. The van der Waals surface area contributed by atoms with Crippen molar-refractivity contribution < 1.29 is 19.0 Å². The molecule has 2 unspecified atom stereocenters. The summed E-state index contributed by atoms with van der Waals surface area (Å²) in [4.78, 5) is 11.8. The van der Waals surface area contributed by atoms with Gasteiger partial charge in [0.1, 0.15) is 5.82 Å². The molecule has 7 nitrogen and oxygen atoms in total. The smallest absolute Gasteiger partial charge is 0.308 e. The second-order valence-corrected chi connectivity index (χ2v) is 6.60. The van der Waals surface area contributed by atoms with Gasteiger partial charge in [0.25, 0.3) is 0 Å². The third-order valence-electron chi connectivity index (χ3n) is 4.63. The minimum atomic E-state index is -0.523. The van der Waals surface area contributed by atoms with E-state index in [-0.39, 0.29) is 18.0 Å². The number of carbonyl (C=O) groups excluding carboxylic acids is 1. The van der Waals surface area contributed by atoms with E-state index < -0.39 is 5.60 Å². The standard InChI is InChI=1S/C16H25N3O4/c1-11(2)23-16(7-9-22-10-16)15-18-17-13-5-4-12(14(20)21-3)6-8-19(13)15/h11-12H,4-10H2,1-3H3. The summed E-state index contributed by atoms with van der Waals surface area (Å²) in [6, 6.07) is 0. The number of rotatable bonds is 4. The van der Waals surface area contributed by atoms with Crippen molar-refractivity contribution in [2.45, 2.75) is 57.8 Å². The Morgan fingerprint density at radius 2 is 2.22 bits per heavy atom. The second kappa shape index (κ2) is 6.57. The lowest BCUT2D eigenvalue weighted by atomic mass is 10.0. The van der Waals surface area contributed by atoms with Gasteiger partial charge in [0, 0.05) is 19.4 Å². The predicted octanol–water partition coefficient (Wildman–Crippen LogP) is 1.44. The van der Waals surface area contributed by atoms with Crippen molar-refractivity contribution in [3.63, 3.8) is 0 Å². The topological polar surface area (TPSA) is 75.5 Å². The van der Waals surface area contributed by atoms with E-state index in [0.29, 0.717) is 19.8 Å². The molecule has 0 spiro atoms. The number of fused-ring (bicyclic) bond motifs is 1. The Balaban J connectivity index is 1.87. The fourth-order valence-electron chi connectivity index (χ4n) is 3.55. The van der Waals surface area contributed by atoms with Crippen LogP contribution < -0.4 is 0 Å². The Labute approximate surface area is 136 Å². The lowest BCUT2D eigenvalue weighted by Gasteiger charge is -2.29. The molecule has 0 radical (unpaired) electrons. The minimum absolute atomic E-state index is 0.0728. The van der Waals surface area contributed by atoms with Gasteiger partial charge in [-0.05, 0) is 26.7 Å². The van der Waals surface area contributed by atoms with Gasteiger partial charge in [0.15, 0.2) is 11.4 Å². The quantitative estimate of drug-likeness (QED) is 0.781. The molecule has 128 valence electrons. The molecule has 2 aliphatic heterocycles. The van der Waals surface area contributed by atoms with Gasteiger partial charge in [-0.2, -0.15) is 0 Å². The minimum Gasteiger partial charge on any atom is -0.469 e. The molecule has 0 aliphatic carbocycles. The van der Waals surface area contributed by atoms with Crippen LogP contribution in [0.4, 0.5) is 0 Å². The van der Waals surface area contributed by atoms with Gasteiger partial charge in [0.05, 0.1) is 32.3 Å².